The third kappa shape index (κ3) is 4.41. The summed E-state index contributed by atoms with van der Waals surface area (Å²) < 4.78 is 26.4. The number of rotatable bonds is 7. The Morgan fingerprint density at radius 3 is 2.26 bits per heavy atom. The number of nitrogens with zero attached hydrogens (tertiary/aromatic N) is 1. The number of carbonyl (C=O) groups is 1. The Labute approximate surface area is 204 Å². The van der Waals surface area contributed by atoms with Crippen LogP contribution >= 0.6 is 8.03 Å². The SMILES string of the molecule is C#CC(C(=O)O)([PH](=O)O)C(C)(O)c1c(-c2ccc(F)cc2C)cc(-c2ccccc2)nc1C(C)C. The molecule has 0 aliphatic heterocycles. The number of halogens is 1. The van der Waals surface area contributed by atoms with Gasteiger partial charge in [-0.3, -0.25) is 9.55 Å². The van der Waals surface area contributed by atoms with Crippen molar-refractivity contribution in [1.29, 1.82) is 0 Å². The third-order valence-corrected chi connectivity index (χ3v) is 7.70. The van der Waals surface area contributed by atoms with Gasteiger partial charge in [-0.2, -0.15) is 0 Å². The van der Waals surface area contributed by atoms with Crippen molar-refractivity contribution in [2.45, 2.75) is 44.4 Å². The number of carboxylic acids is 1. The van der Waals surface area contributed by atoms with Gasteiger partial charge in [0.05, 0.1) is 11.4 Å². The van der Waals surface area contributed by atoms with E-state index in [0.29, 0.717) is 28.1 Å². The van der Waals surface area contributed by atoms with Gasteiger partial charge in [0, 0.05) is 11.1 Å². The van der Waals surface area contributed by atoms with Crippen molar-refractivity contribution in [3.8, 4) is 34.7 Å². The zero-order chi connectivity index (χ0) is 26.1. The Bertz CT molecular complexity index is 1330. The minimum Gasteiger partial charge on any atom is -0.480 e. The lowest BCUT2D eigenvalue weighted by Gasteiger charge is -2.39. The Morgan fingerprint density at radius 1 is 1.14 bits per heavy atom. The molecule has 0 amide bonds. The largest absolute Gasteiger partial charge is 0.480 e. The first-order chi connectivity index (χ1) is 16.4. The molecule has 3 atom stereocenters. The van der Waals surface area contributed by atoms with Crippen LogP contribution in [-0.2, 0) is 15.0 Å². The average Bonchev–Trinajstić information content (AvgIpc) is 2.78. The van der Waals surface area contributed by atoms with Crippen molar-refractivity contribution in [2.24, 2.45) is 0 Å². The molecule has 1 heterocycles. The van der Waals surface area contributed by atoms with Crippen molar-refractivity contribution >= 4 is 14.0 Å². The molecular formula is C27H27FNO5P. The van der Waals surface area contributed by atoms with Gasteiger partial charge in [0.15, 0.2) is 0 Å². The Kier molecular flexibility index (Phi) is 7.33. The van der Waals surface area contributed by atoms with Crippen LogP contribution < -0.4 is 0 Å². The number of pyridine rings is 1. The minimum atomic E-state index is -4.03. The van der Waals surface area contributed by atoms with Crippen LogP contribution in [0, 0.1) is 25.1 Å². The molecule has 182 valence electrons. The van der Waals surface area contributed by atoms with E-state index >= 15 is 0 Å². The van der Waals surface area contributed by atoms with Crippen molar-refractivity contribution in [1.82, 2.24) is 4.98 Å². The van der Waals surface area contributed by atoms with Crippen molar-refractivity contribution in [3.63, 3.8) is 0 Å². The van der Waals surface area contributed by atoms with Crippen LogP contribution in [0.1, 0.15) is 43.5 Å². The number of hydrogen-bond acceptors (Lipinski definition) is 4. The van der Waals surface area contributed by atoms with Crippen LogP contribution in [0.15, 0.2) is 54.6 Å². The fourth-order valence-corrected chi connectivity index (χ4v) is 5.20. The first-order valence-corrected chi connectivity index (χ1v) is 12.3. The number of benzene rings is 2. The molecule has 35 heavy (non-hydrogen) atoms. The minimum absolute atomic E-state index is 0.00893. The second-order valence-corrected chi connectivity index (χ2v) is 10.2. The Balaban J connectivity index is 2.56. The molecule has 0 saturated carbocycles. The number of hydrogen-bond donors (Lipinski definition) is 3. The number of aryl methyl sites for hydroxylation is 1. The predicted molar refractivity (Wildman–Crippen MR) is 134 cm³/mol. The summed E-state index contributed by atoms with van der Waals surface area (Å²) in [5.41, 5.74) is 0.445. The fraction of sp³-hybridized carbons (Fsp3) is 0.259. The quantitative estimate of drug-likeness (QED) is 0.310. The highest BCUT2D eigenvalue weighted by Gasteiger charge is 2.60. The molecule has 8 heteroatoms. The highest BCUT2D eigenvalue weighted by molar-refractivity contribution is 7.42. The average molecular weight is 495 g/mol. The van der Waals surface area contributed by atoms with Crippen molar-refractivity contribution < 1.29 is 28.9 Å². The maximum atomic E-state index is 14.0. The third-order valence-electron chi connectivity index (χ3n) is 6.22. The van der Waals surface area contributed by atoms with Crippen molar-refractivity contribution in [3.05, 3.63) is 77.2 Å². The summed E-state index contributed by atoms with van der Waals surface area (Å²) in [4.78, 5) is 27.2. The number of aromatic nitrogens is 1. The van der Waals surface area contributed by atoms with E-state index in [4.69, 9.17) is 11.4 Å². The summed E-state index contributed by atoms with van der Waals surface area (Å²) in [6.45, 7) is 6.40. The lowest BCUT2D eigenvalue weighted by atomic mass is 9.75. The second-order valence-electron chi connectivity index (χ2n) is 8.87. The van der Waals surface area contributed by atoms with E-state index in [-0.39, 0.29) is 11.5 Å². The van der Waals surface area contributed by atoms with E-state index in [1.165, 1.54) is 18.2 Å². The molecule has 0 spiro atoms. The van der Waals surface area contributed by atoms with E-state index in [2.05, 4.69) is 0 Å². The van der Waals surface area contributed by atoms with Gasteiger partial charge in [-0.1, -0.05) is 56.2 Å². The summed E-state index contributed by atoms with van der Waals surface area (Å²) in [6.07, 6.45) is 5.52. The van der Waals surface area contributed by atoms with Crippen LogP contribution in [0.5, 0.6) is 0 Å². The van der Waals surface area contributed by atoms with E-state index < -0.39 is 30.6 Å². The van der Waals surface area contributed by atoms with Gasteiger partial charge in [0.25, 0.3) is 0 Å². The summed E-state index contributed by atoms with van der Waals surface area (Å²) in [5.74, 6) is -0.702. The van der Waals surface area contributed by atoms with Gasteiger partial charge in [-0.25, -0.2) is 9.18 Å². The van der Waals surface area contributed by atoms with E-state index in [9.17, 15) is 28.9 Å². The Hall–Kier alpha value is -3.30. The lowest BCUT2D eigenvalue weighted by molar-refractivity contribution is -0.145. The highest BCUT2D eigenvalue weighted by Crippen LogP contribution is 2.53. The van der Waals surface area contributed by atoms with E-state index in [1.54, 1.807) is 26.8 Å². The molecule has 0 aliphatic rings. The predicted octanol–water partition coefficient (Wildman–Crippen LogP) is 5.12. The van der Waals surface area contributed by atoms with Crippen molar-refractivity contribution in [2.75, 3.05) is 0 Å². The number of carboxylic acid groups (broad SMARTS) is 1. The lowest BCUT2D eigenvalue weighted by Crippen LogP contribution is -2.53. The van der Waals surface area contributed by atoms with Crippen LogP contribution in [-0.4, -0.2) is 31.2 Å². The molecule has 3 unspecified atom stereocenters. The zero-order valence-electron chi connectivity index (χ0n) is 19.8. The number of terminal acetylenes is 1. The molecule has 0 fully saturated rings. The van der Waals surface area contributed by atoms with Crippen LogP contribution in [0.4, 0.5) is 4.39 Å². The molecule has 3 aromatic rings. The first kappa shape index (κ1) is 26.3. The van der Waals surface area contributed by atoms with Crippen LogP contribution in [0.25, 0.3) is 22.4 Å². The monoisotopic (exact) mass is 495 g/mol. The summed E-state index contributed by atoms with van der Waals surface area (Å²) in [7, 11) is -4.03. The smallest absolute Gasteiger partial charge is 0.335 e. The maximum absolute atomic E-state index is 14.0. The standard InChI is InChI=1S/C27H27FNO5P/c1-6-27(25(30)31,35(33)34)26(5,32)23-21(20-13-12-19(28)14-17(20)4)15-22(29-24(23)16(2)3)18-10-8-7-9-11-18/h1,7-16,32,35H,2-5H3,(H,30,31)(H,33,34). The molecule has 2 aromatic carbocycles. The molecule has 3 rings (SSSR count). The molecule has 1 aromatic heterocycles. The topological polar surface area (TPSA) is 108 Å². The summed E-state index contributed by atoms with van der Waals surface area (Å²) >= 11 is 0. The Morgan fingerprint density at radius 2 is 1.77 bits per heavy atom. The van der Waals surface area contributed by atoms with Gasteiger partial charge in [0.1, 0.15) is 11.4 Å². The summed E-state index contributed by atoms with van der Waals surface area (Å²) in [6, 6.07) is 15.0. The van der Waals surface area contributed by atoms with Gasteiger partial charge in [-0.15, -0.1) is 6.42 Å². The summed E-state index contributed by atoms with van der Waals surface area (Å²) in [5, 5.41) is 19.0. The molecule has 0 aliphatic carbocycles. The maximum Gasteiger partial charge on any atom is 0.335 e. The zero-order valence-corrected chi connectivity index (χ0v) is 20.8. The van der Waals surface area contributed by atoms with Crippen LogP contribution in [0.3, 0.4) is 0 Å². The molecule has 0 radical (unpaired) electrons. The molecule has 6 nitrogen and oxygen atoms in total. The normalized spacial score (nSPS) is 15.6. The van der Waals surface area contributed by atoms with Gasteiger partial charge >= 0.3 is 5.97 Å². The number of aliphatic hydroxyl groups is 1. The number of aliphatic carboxylic acids is 1. The molecule has 0 bridgehead atoms. The van der Waals surface area contributed by atoms with Gasteiger partial charge in [-0.05, 0) is 54.7 Å². The highest BCUT2D eigenvalue weighted by atomic mass is 31.1. The second kappa shape index (κ2) is 9.75. The molecule has 0 saturated heterocycles. The van der Waals surface area contributed by atoms with Crippen LogP contribution in [0.2, 0.25) is 0 Å². The molecule has 3 N–H and O–H groups in total. The van der Waals surface area contributed by atoms with E-state index in [0.717, 1.165) is 12.5 Å². The molecular weight excluding hydrogens is 468 g/mol. The first-order valence-electron chi connectivity index (χ1n) is 10.9. The van der Waals surface area contributed by atoms with Gasteiger partial charge in [0.2, 0.25) is 13.2 Å². The van der Waals surface area contributed by atoms with E-state index in [1.807, 2.05) is 36.3 Å². The fourth-order valence-electron chi connectivity index (χ4n) is 4.35. The van der Waals surface area contributed by atoms with Gasteiger partial charge < -0.3 is 15.1 Å².